The molecule has 8 heteroatoms. The van der Waals surface area contributed by atoms with E-state index in [0.717, 1.165) is 11.3 Å². The number of carbonyl (C=O) groups excluding carboxylic acids is 1. The van der Waals surface area contributed by atoms with Crippen molar-refractivity contribution in [1.29, 1.82) is 5.41 Å². The highest BCUT2D eigenvalue weighted by atomic mass is 35.5. The van der Waals surface area contributed by atoms with Crippen LogP contribution in [0.15, 0.2) is 64.9 Å². The molecule has 4 rings (SSSR count). The van der Waals surface area contributed by atoms with E-state index in [1.165, 1.54) is 5.06 Å². The van der Waals surface area contributed by atoms with Crippen LogP contribution in [-0.4, -0.2) is 35.9 Å². The van der Waals surface area contributed by atoms with E-state index in [1.54, 1.807) is 37.3 Å². The first-order valence-corrected chi connectivity index (χ1v) is 10.0. The Hall–Kier alpha value is -3.58. The molecule has 158 valence electrons. The Morgan fingerprint density at radius 2 is 1.87 bits per heavy atom. The van der Waals surface area contributed by atoms with Crippen LogP contribution in [0.25, 0.3) is 6.08 Å². The van der Waals surface area contributed by atoms with Gasteiger partial charge in [0.05, 0.1) is 10.6 Å². The van der Waals surface area contributed by atoms with E-state index in [9.17, 15) is 4.79 Å². The molecule has 2 aliphatic rings. The molecule has 0 fully saturated rings. The number of hydrogen-bond donors (Lipinski definition) is 1. The van der Waals surface area contributed by atoms with Crippen LogP contribution in [0.3, 0.4) is 0 Å². The van der Waals surface area contributed by atoms with Crippen molar-refractivity contribution in [3.63, 3.8) is 0 Å². The molecule has 31 heavy (non-hydrogen) atoms. The number of rotatable bonds is 6. The number of hydrogen-bond acceptors (Lipinski definition) is 5. The summed E-state index contributed by atoms with van der Waals surface area (Å²) in [7, 11) is 0. The fourth-order valence-electron chi connectivity index (χ4n) is 3.11. The highest BCUT2D eigenvalue weighted by Gasteiger charge is 2.34. The standard InChI is InChI=1S/C23H20ClN3O4/c1-14-5-3-4-6-19(14)29-9-10-30-20-8-7-16(13-18(20)24)12-17-22(25)27-21(26-23(17)28)11-15(2)31-27/h3-8,11-13,25H,9-10H2,1-2H3/b17-12+,25-22?. The SMILES string of the molecule is CC1=CC2=NC(=O)/C(=C/c3ccc(OCCOc4ccccc4C)c(Cl)c3)C(=N)N2O1. The van der Waals surface area contributed by atoms with Crippen molar-refractivity contribution in [2.75, 3.05) is 13.2 Å². The summed E-state index contributed by atoms with van der Waals surface area (Å²) in [4.78, 5) is 21.7. The van der Waals surface area contributed by atoms with E-state index >= 15 is 0 Å². The van der Waals surface area contributed by atoms with Crippen molar-refractivity contribution in [1.82, 2.24) is 5.06 Å². The maximum absolute atomic E-state index is 12.3. The lowest BCUT2D eigenvalue weighted by Crippen LogP contribution is -2.38. The van der Waals surface area contributed by atoms with Gasteiger partial charge in [0, 0.05) is 6.08 Å². The third kappa shape index (κ3) is 4.46. The Morgan fingerprint density at radius 1 is 1.13 bits per heavy atom. The van der Waals surface area contributed by atoms with E-state index < -0.39 is 5.91 Å². The molecule has 1 N–H and O–H groups in total. The van der Waals surface area contributed by atoms with Crippen molar-refractivity contribution in [2.45, 2.75) is 13.8 Å². The zero-order chi connectivity index (χ0) is 22.0. The van der Waals surface area contributed by atoms with E-state index in [2.05, 4.69) is 4.99 Å². The number of para-hydroxylation sites is 1. The third-order valence-electron chi connectivity index (χ3n) is 4.64. The molecular formula is C23H20ClN3O4. The lowest BCUT2D eigenvalue weighted by atomic mass is 10.1. The summed E-state index contributed by atoms with van der Waals surface area (Å²) in [6.45, 7) is 4.42. The summed E-state index contributed by atoms with van der Waals surface area (Å²) in [5.74, 6) is 1.61. The van der Waals surface area contributed by atoms with Crippen LogP contribution in [0.4, 0.5) is 0 Å². The lowest BCUT2D eigenvalue weighted by molar-refractivity contribution is -0.114. The number of nitrogens with zero attached hydrogens (tertiary/aromatic N) is 2. The van der Waals surface area contributed by atoms with Gasteiger partial charge in [-0.15, -0.1) is 5.06 Å². The number of aryl methyl sites for hydroxylation is 1. The highest BCUT2D eigenvalue weighted by Crippen LogP contribution is 2.28. The number of fused-ring (bicyclic) bond motifs is 1. The second-order valence-corrected chi connectivity index (χ2v) is 7.38. The van der Waals surface area contributed by atoms with Gasteiger partial charge in [-0.2, -0.15) is 4.99 Å². The summed E-state index contributed by atoms with van der Waals surface area (Å²) in [6.07, 6.45) is 3.16. The predicted octanol–water partition coefficient (Wildman–Crippen LogP) is 4.56. The van der Waals surface area contributed by atoms with Crippen molar-refractivity contribution in [2.24, 2.45) is 4.99 Å². The second kappa shape index (κ2) is 8.65. The van der Waals surface area contributed by atoms with Crippen molar-refractivity contribution in [3.05, 3.63) is 76.0 Å². The Balaban J connectivity index is 1.40. The van der Waals surface area contributed by atoms with E-state index in [0.29, 0.717) is 41.1 Å². The van der Waals surface area contributed by atoms with Gasteiger partial charge >= 0.3 is 0 Å². The molecular weight excluding hydrogens is 418 g/mol. The molecule has 0 saturated carbocycles. The number of ether oxygens (including phenoxy) is 2. The molecule has 0 bridgehead atoms. The minimum atomic E-state index is -0.504. The monoisotopic (exact) mass is 437 g/mol. The minimum absolute atomic E-state index is 0.0760. The van der Waals surface area contributed by atoms with Crippen molar-refractivity contribution < 1.29 is 19.1 Å². The van der Waals surface area contributed by atoms with Gasteiger partial charge in [-0.3, -0.25) is 10.2 Å². The number of nitrogens with one attached hydrogen (secondary N) is 1. The van der Waals surface area contributed by atoms with Crippen LogP contribution in [0.2, 0.25) is 5.02 Å². The van der Waals surface area contributed by atoms with Crippen LogP contribution in [0, 0.1) is 12.3 Å². The number of allylic oxidation sites excluding steroid dienone is 1. The number of halogens is 1. The maximum atomic E-state index is 12.3. The zero-order valence-electron chi connectivity index (χ0n) is 17.0. The Morgan fingerprint density at radius 3 is 2.61 bits per heavy atom. The maximum Gasteiger partial charge on any atom is 0.282 e. The molecule has 2 heterocycles. The number of hydroxylamine groups is 2. The average Bonchev–Trinajstić information content (AvgIpc) is 3.11. The Labute approximate surface area is 184 Å². The highest BCUT2D eigenvalue weighted by molar-refractivity contribution is 6.33. The van der Waals surface area contributed by atoms with Gasteiger partial charge < -0.3 is 14.3 Å². The van der Waals surface area contributed by atoms with Crippen molar-refractivity contribution in [3.8, 4) is 11.5 Å². The summed E-state index contributed by atoms with van der Waals surface area (Å²) in [5, 5.41) is 9.87. The Kier molecular flexibility index (Phi) is 5.77. The fourth-order valence-corrected chi connectivity index (χ4v) is 3.36. The Bertz CT molecular complexity index is 1150. The number of amides is 1. The first-order chi connectivity index (χ1) is 14.9. The van der Waals surface area contributed by atoms with Crippen LogP contribution >= 0.6 is 11.6 Å². The van der Waals surface area contributed by atoms with Gasteiger partial charge in [0.25, 0.3) is 5.91 Å². The van der Waals surface area contributed by atoms with E-state index in [1.807, 2.05) is 31.2 Å². The molecule has 2 aromatic carbocycles. The number of aliphatic imine (C=N–C) groups is 1. The fraction of sp³-hybridized carbons (Fsp3) is 0.174. The van der Waals surface area contributed by atoms with Gasteiger partial charge in [-0.25, -0.2) is 0 Å². The van der Waals surface area contributed by atoms with Crippen LogP contribution in [0.5, 0.6) is 11.5 Å². The first-order valence-electron chi connectivity index (χ1n) is 9.63. The lowest BCUT2D eigenvalue weighted by Gasteiger charge is -2.23. The van der Waals surface area contributed by atoms with Gasteiger partial charge in [0.15, 0.2) is 11.7 Å². The topological polar surface area (TPSA) is 84.2 Å². The molecule has 0 spiro atoms. The summed E-state index contributed by atoms with van der Waals surface area (Å²) >= 11 is 6.34. The first kappa shape index (κ1) is 20.7. The molecule has 1 amide bonds. The molecule has 0 unspecified atom stereocenters. The predicted molar refractivity (Wildman–Crippen MR) is 118 cm³/mol. The molecule has 0 saturated heterocycles. The van der Waals surface area contributed by atoms with Gasteiger partial charge in [0.2, 0.25) is 0 Å². The van der Waals surface area contributed by atoms with E-state index in [4.69, 9.17) is 31.3 Å². The largest absolute Gasteiger partial charge is 0.490 e. The van der Waals surface area contributed by atoms with Crippen LogP contribution < -0.4 is 9.47 Å². The minimum Gasteiger partial charge on any atom is -0.490 e. The molecule has 0 radical (unpaired) electrons. The third-order valence-corrected chi connectivity index (χ3v) is 4.93. The van der Waals surface area contributed by atoms with Crippen LogP contribution in [-0.2, 0) is 9.63 Å². The molecule has 2 aliphatic heterocycles. The molecule has 0 aliphatic carbocycles. The van der Waals surface area contributed by atoms with Crippen LogP contribution in [0.1, 0.15) is 18.1 Å². The molecule has 7 nitrogen and oxygen atoms in total. The van der Waals surface area contributed by atoms with Gasteiger partial charge in [0.1, 0.15) is 30.5 Å². The van der Waals surface area contributed by atoms with Gasteiger partial charge in [-0.05, 0) is 49.2 Å². The smallest absolute Gasteiger partial charge is 0.282 e. The van der Waals surface area contributed by atoms with Gasteiger partial charge in [-0.1, -0.05) is 35.9 Å². The normalized spacial score (nSPS) is 16.6. The molecule has 0 atom stereocenters. The molecule has 0 aromatic heterocycles. The quantitative estimate of drug-likeness (QED) is 0.529. The van der Waals surface area contributed by atoms with E-state index in [-0.39, 0.29) is 11.4 Å². The second-order valence-electron chi connectivity index (χ2n) is 6.97. The molecule has 2 aromatic rings. The number of benzene rings is 2. The number of amidine groups is 2. The summed E-state index contributed by atoms with van der Waals surface area (Å²) < 4.78 is 11.4. The number of carbonyl (C=O) groups is 1. The average molecular weight is 438 g/mol. The zero-order valence-corrected chi connectivity index (χ0v) is 17.8. The summed E-state index contributed by atoms with van der Waals surface area (Å²) in [6, 6.07) is 12.9. The van der Waals surface area contributed by atoms with Crippen molar-refractivity contribution >= 4 is 35.3 Å². The summed E-state index contributed by atoms with van der Waals surface area (Å²) in [5.41, 5.74) is 1.81.